The number of carbonyl (C=O) groups excluding carboxylic acids is 1. The summed E-state index contributed by atoms with van der Waals surface area (Å²) in [4.78, 5) is 16.1. The molecule has 0 bridgehead atoms. The molecule has 1 aliphatic carbocycles. The number of nitrogen functional groups attached to an aromatic ring is 1. The highest BCUT2D eigenvalue weighted by molar-refractivity contribution is 5.93. The van der Waals surface area contributed by atoms with Crippen LogP contribution in [0, 0.1) is 5.92 Å². The van der Waals surface area contributed by atoms with E-state index in [0.29, 0.717) is 17.4 Å². The maximum atomic E-state index is 12.2. The molecule has 1 aliphatic rings. The number of aromatic nitrogens is 5. The predicted octanol–water partition coefficient (Wildman–Crippen LogP) is 0.165. The third-order valence-corrected chi connectivity index (χ3v) is 3.57. The lowest BCUT2D eigenvalue weighted by Crippen LogP contribution is -2.25. The molecule has 2 heterocycles. The van der Waals surface area contributed by atoms with Gasteiger partial charge in [0.1, 0.15) is 5.82 Å². The van der Waals surface area contributed by atoms with Crippen LogP contribution in [0.15, 0.2) is 0 Å². The van der Waals surface area contributed by atoms with Crippen molar-refractivity contribution in [1.82, 2.24) is 30.7 Å². The van der Waals surface area contributed by atoms with E-state index in [0.717, 1.165) is 30.5 Å². The van der Waals surface area contributed by atoms with E-state index in [1.54, 1.807) is 0 Å². The number of anilines is 1. The third kappa shape index (κ3) is 2.36. The highest BCUT2D eigenvalue weighted by Gasteiger charge is 2.24. The minimum atomic E-state index is -0.202. The van der Waals surface area contributed by atoms with Crippen molar-refractivity contribution in [2.45, 2.75) is 32.7 Å². The van der Waals surface area contributed by atoms with E-state index in [1.165, 1.54) is 0 Å². The molecular weight excluding hydrogens is 258 g/mol. The van der Waals surface area contributed by atoms with E-state index < -0.39 is 0 Å². The van der Waals surface area contributed by atoms with Crippen molar-refractivity contribution in [2.75, 3.05) is 5.73 Å². The lowest BCUT2D eigenvalue weighted by molar-refractivity contribution is 0.0943. The van der Waals surface area contributed by atoms with Gasteiger partial charge in [0.25, 0.3) is 5.91 Å². The van der Waals surface area contributed by atoms with Crippen LogP contribution in [0.4, 0.5) is 5.95 Å². The summed E-state index contributed by atoms with van der Waals surface area (Å²) in [6.45, 7) is 2.44. The zero-order valence-electron chi connectivity index (χ0n) is 11.2. The monoisotopic (exact) mass is 275 g/mol. The summed E-state index contributed by atoms with van der Waals surface area (Å²) < 4.78 is 0. The molecule has 106 valence electrons. The standard InChI is InChI=1S/C12H17N7O/c1-6-2-3-8-7(4-6)10(18-16-8)11(20)14-5-9-15-12(13)19-17-9/h6H,2-5H2,1H3,(H,14,20)(H,16,18)(H3,13,15,17,19)/t6-/m1/s1. The van der Waals surface area contributed by atoms with E-state index in [2.05, 4.69) is 37.6 Å². The quantitative estimate of drug-likeness (QED) is 0.635. The lowest BCUT2D eigenvalue weighted by atomic mass is 9.88. The Hall–Kier alpha value is -2.38. The second-order valence-electron chi connectivity index (χ2n) is 5.20. The molecule has 1 atom stereocenters. The topological polar surface area (TPSA) is 125 Å². The number of fused-ring (bicyclic) bond motifs is 1. The Morgan fingerprint density at radius 3 is 3.05 bits per heavy atom. The van der Waals surface area contributed by atoms with Gasteiger partial charge in [-0.15, -0.1) is 5.10 Å². The van der Waals surface area contributed by atoms with Crippen LogP contribution in [0.3, 0.4) is 0 Å². The summed E-state index contributed by atoms with van der Waals surface area (Å²) in [7, 11) is 0. The van der Waals surface area contributed by atoms with Crippen molar-refractivity contribution in [1.29, 1.82) is 0 Å². The molecule has 2 aromatic heterocycles. The largest absolute Gasteiger partial charge is 0.367 e. The number of amides is 1. The van der Waals surface area contributed by atoms with Gasteiger partial charge in [-0.3, -0.25) is 15.0 Å². The van der Waals surface area contributed by atoms with Crippen molar-refractivity contribution in [2.24, 2.45) is 5.92 Å². The number of hydrogen-bond donors (Lipinski definition) is 4. The van der Waals surface area contributed by atoms with Gasteiger partial charge in [-0.25, -0.2) is 0 Å². The van der Waals surface area contributed by atoms with Gasteiger partial charge < -0.3 is 11.1 Å². The van der Waals surface area contributed by atoms with Gasteiger partial charge in [0.15, 0.2) is 5.69 Å². The van der Waals surface area contributed by atoms with Crippen LogP contribution in [-0.4, -0.2) is 31.3 Å². The average molecular weight is 275 g/mol. The molecule has 1 amide bonds. The van der Waals surface area contributed by atoms with Crippen LogP contribution >= 0.6 is 0 Å². The first-order valence-corrected chi connectivity index (χ1v) is 6.64. The Balaban J connectivity index is 1.70. The van der Waals surface area contributed by atoms with Gasteiger partial charge in [-0.2, -0.15) is 10.1 Å². The number of nitrogens with one attached hydrogen (secondary N) is 3. The summed E-state index contributed by atoms with van der Waals surface area (Å²) in [6.07, 6.45) is 2.98. The average Bonchev–Trinajstić information content (AvgIpc) is 3.02. The molecule has 5 N–H and O–H groups in total. The fourth-order valence-electron chi connectivity index (χ4n) is 2.49. The van der Waals surface area contributed by atoms with Gasteiger partial charge in [0, 0.05) is 11.3 Å². The zero-order chi connectivity index (χ0) is 14.1. The van der Waals surface area contributed by atoms with Crippen molar-refractivity contribution >= 4 is 11.9 Å². The van der Waals surface area contributed by atoms with Crippen molar-refractivity contribution in [3.63, 3.8) is 0 Å². The molecular formula is C12H17N7O. The van der Waals surface area contributed by atoms with E-state index in [1.807, 2.05) is 0 Å². The number of H-pyrrole nitrogens is 2. The summed E-state index contributed by atoms with van der Waals surface area (Å²) in [5, 5.41) is 16.2. The van der Waals surface area contributed by atoms with Gasteiger partial charge in [-0.1, -0.05) is 6.92 Å². The first-order chi connectivity index (χ1) is 9.63. The first-order valence-electron chi connectivity index (χ1n) is 6.64. The van der Waals surface area contributed by atoms with Crippen LogP contribution in [0.25, 0.3) is 0 Å². The molecule has 0 radical (unpaired) electrons. The smallest absolute Gasteiger partial charge is 0.272 e. The molecule has 0 saturated heterocycles. The number of carbonyl (C=O) groups is 1. The summed E-state index contributed by atoms with van der Waals surface area (Å²) in [5.74, 6) is 1.07. The second kappa shape index (κ2) is 4.95. The van der Waals surface area contributed by atoms with E-state index >= 15 is 0 Å². The molecule has 2 aromatic rings. The SMILES string of the molecule is C[C@@H]1CCc2[nH]nc(C(=O)NCc3nc(N)n[nH]3)c2C1. The van der Waals surface area contributed by atoms with Crippen molar-refractivity contribution in [3.05, 3.63) is 22.8 Å². The Bertz CT molecular complexity index is 630. The minimum Gasteiger partial charge on any atom is -0.367 e. The molecule has 0 aliphatic heterocycles. The maximum absolute atomic E-state index is 12.2. The Morgan fingerprint density at radius 1 is 1.45 bits per heavy atom. The summed E-state index contributed by atoms with van der Waals surface area (Å²) in [5.41, 5.74) is 8.01. The van der Waals surface area contributed by atoms with Gasteiger partial charge in [0.2, 0.25) is 5.95 Å². The summed E-state index contributed by atoms with van der Waals surface area (Å²) >= 11 is 0. The molecule has 3 rings (SSSR count). The molecule has 0 unspecified atom stereocenters. The lowest BCUT2D eigenvalue weighted by Gasteiger charge is -2.17. The molecule has 0 fully saturated rings. The molecule has 8 nitrogen and oxygen atoms in total. The van der Waals surface area contributed by atoms with Crippen molar-refractivity contribution in [3.8, 4) is 0 Å². The highest BCUT2D eigenvalue weighted by atomic mass is 16.1. The Kier molecular flexibility index (Phi) is 3.13. The first kappa shape index (κ1) is 12.6. The van der Waals surface area contributed by atoms with Gasteiger partial charge in [0.05, 0.1) is 6.54 Å². The van der Waals surface area contributed by atoms with Gasteiger partial charge >= 0.3 is 0 Å². The van der Waals surface area contributed by atoms with Crippen LogP contribution in [-0.2, 0) is 19.4 Å². The minimum absolute atomic E-state index is 0.167. The van der Waals surface area contributed by atoms with E-state index in [9.17, 15) is 4.79 Å². The molecule has 0 spiro atoms. The van der Waals surface area contributed by atoms with Crippen LogP contribution in [0.2, 0.25) is 0 Å². The van der Waals surface area contributed by atoms with Crippen LogP contribution < -0.4 is 11.1 Å². The normalized spacial score (nSPS) is 17.8. The fraction of sp³-hybridized carbons (Fsp3) is 0.500. The summed E-state index contributed by atoms with van der Waals surface area (Å²) in [6, 6.07) is 0. The Morgan fingerprint density at radius 2 is 2.30 bits per heavy atom. The third-order valence-electron chi connectivity index (χ3n) is 3.57. The molecule has 8 heteroatoms. The van der Waals surface area contributed by atoms with Gasteiger partial charge in [-0.05, 0) is 25.2 Å². The number of nitrogens with two attached hydrogens (primary N) is 1. The predicted molar refractivity (Wildman–Crippen MR) is 71.7 cm³/mol. The molecule has 0 aromatic carbocycles. The highest BCUT2D eigenvalue weighted by Crippen LogP contribution is 2.26. The zero-order valence-corrected chi connectivity index (χ0v) is 11.2. The fourth-order valence-corrected chi connectivity index (χ4v) is 2.49. The maximum Gasteiger partial charge on any atom is 0.272 e. The Labute approximate surface area is 115 Å². The number of rotatable bonds is 3. The molecule has 20 heavy (non-hydrogen) atoms. The van der Waals surface area contributed by atoms with E-state index in [-0.39, 0.29) is 18.4 Å². The van der Waals surface area contributed by atoms with E-state index in [4.69, 9.17) is 5.73 Å². The number of hydrogen-bond acceptors (Lipinski definition) is 5. The number of nitrogens with zero attached hydrogens (tertiary/aromatic N) is 3. The number of aryl methyl sites for hydroxylation is 1. The number of aromatic amines is 2. The second-order valence-corrected chi connectivity index (χ2v) is 5.20. The van der Waals surface area contributed by atoms with Crippen molar-refractivity contribution < 1.29 is 4.79 Å². The molecule has 0 saturated carbocycles. The van der Waals surface area contributed by atoms with Crippen LogP contribution in [0.5, 0.6) is 0 Å². The van der Waals surface area contributed by atoms with Crippen LogP contribution in [0.1, 0.15) is 40.9 Å².